The molecule has 1 aromatic heterocycles. The molecule has 0 radical (unpaired) electrons. The summed E-state index contributed by atoms with van der Waals surface area (Å²) in [4.78, 5) is 7.53. The lowest BCUT2D eigenvalue weighted by Crippen LogP contribution is -2.32. The van der Waals surface area contributed by atoms with Crippen molar-refractivity contribution in [1.82, 2.24) is 9.88 Å². The van der Waals surface area contributed by atoms with Crippen molar-refractivity contribution in [3.63, 3.8) is 0 Å². The summed E-state index contributed by atoms with van der Waals surface area (Å²) in [5, 5.41) is 4.82. The Morgan fingerprint density at radius 3 is 2.59 bits per heavy atom. The molecule has 29 heavy (non-hydrogen) atoms. The van der Waals surface area contributed by atoms with Crippen LogP contribution < -0.4 is 14.8 Å². The Bertz CT molecular complexity index is 873. The third-order valence-electron chi connectivity index (χ3n) is 5.91. The summed E-state index contributed by atoms with van der Waals surface area (Å²) in [6.07, 6.45) is 7.09. The first-order valence-corrected chi connectivity index (χ1v) is 11.1. The maximum absolute atomic E-state index is 6.14. The molecule has 2 aliphatic rings. The lowest BCUT2D eigenvalue weighted by atomic mass is 9.81. The smallest absolute Gasteiger partial charge is 0.163 e. The second kappa shape index (κ2) is 8.43. The van der Waals surface area contributed by atoms with E-state index in [1.807, 2.05) is 0 Å². The molecule has 4 rings (SSSR count). The second-order valence-electron chi connectivity index (χ2n) is 9.42. The molecule has 1 aliphatic heterocycles. The molecule has 0 spiro atoms. The molecule has 0 bridgehead atoms. The SMILES string of the molecule is BC(C)(C)Nc1nc2cc(OCCCN3CCCC3)c(OC)cc2c2c1CCC2. The maximum Gasteiger partial charge on any atom is 0.163 e. The van der Waals surface area contributed by atoms with Crippen molar-refractivity contribution < 1.29 is 9.47 Å². The fraction of sp³-hybridized carbons (Fsp3) is 0.609. The molecule has 1 fully saturated rings. The van der Waals surface area contributed by atoms with Crippen molar-refractivity contribution in [2.24, 2.45) is 0 Å². The van der Waals surface area contributed by atoms with Gasteiger partial charge in [0.2, 0.25) is 0 Å². The van der Waals surface area contributed by atoms with Gasteiger partial charge in [0.25, 0.3) is 0 Å². The van der Waals surface area contributed by atoms with Gasteiger partial charge in [-0.25, -0.2) is 4.98 Å². The largest absolute Gasteiger partial charge is 0.493 e. The van der Waals surface area contributed by atoms with Crippen LogP contribution in [0.5, 0.6) is 11.5 Å². The van der Waals surface area contributed by atoms with Crippen LogP contribution in [0.1, 0.15) is 50.7 Å². The van der Waals surface area contributed by atoms with Crippen LogP contribution >= 0.6 is 0 Å². The number of aryl methyl sites for hydroxylation is 1. The van der Waals surface area contributed by atoms with Crippen molar-refractivity contribution in [2.75, 3.05) is 38.7 Å². The highest BCUT2D eigenvalue weighted by molar-refractivity contribution is 6.16. The Morgan fingerprint density at radius 1 is 1.10 bits per heavy atom. The standard InChI is InChI=1S/C23H34BN3O2/c1-23(2,24)26-22-17-9-6-8-16(17)18-14-20(28-3)21(15-19(18)25-22)29-13-7-12-27-10-4-5-11-27/h14-15H,4-13,24H2,1-3H3,(H,25,26). The fourth-order valence-corrected chi connectivity index (χ4v) is 4.58. The van der Waals surface area contributed by atoms with E-state index in [0.717, 1.165) is 48.6 Å². The molecular formula is C23H34BN3O2. The number of ether oxygens (including phenoxy) is 2. The van der Waals surface area contributed by atoms with E-state index in [1.54, 1.807) is 7.11 Å². The van der Waals surface area contributed by atoms with Gasteiger partial charge in [-0.3, -0.25) is 0 Å². The number of methoxy groups -OCH3 is 1. The summed E-state index contributed by atoms with van der Waals surface area (Å²) in [7, 11) is 3.91. The topological polar surface area (TPSA) is 46.6 Å². The third-order valence-corrected chi connectivity index (χ3v) is 5.91. The average molecular weight is 395 g/mol. The van der Waals surface area contributed by atoms with E-state index in [-0.39, 0.29) is 5.44 Å². The van der Waals surface area contributed by atoms with E-state index in [2.05, 4.69) is 44.0 Å². The molecule has 0 amide bonds. The lowest BCUT2D eigenvalue weighted by molar-refractivity contribution is 0.254. The highest BCUT2D eigenvalue weighted by Crippen LogP contribution is 2.39. The molecule has 2 aromatic rings. The Hall–Kier alpha value is -1.95. The van der Waals surface area contributed by atoms with Crippen LogP contribution in [-0.2, 0) is 12.8 Å². The van der Waals surface area contributed by atoms with Crippen molar-refractivity contribution >= 4 is 24.6 Å². The number of anilines is 1. The molecule has 0 saturated carbocycles. The van der Waals surface area contributed by atoms with Crippen LogP contribution in [0.3, 0.4) is 0 Å². The zero-order valence-corrected chi connectivity index (χ0v) is 18.4. The van der Waals surface area contributed by atoms with Gasteiger partial charge in [0, 0.05) is 23.4 Å². The van der Waals surface area contributed by atoms with Crippen LogP contribution in [0.2, 0.25) is 0 Å². The second-order valence-corrected chi connectivity index (χ2v) is 9.42. The zero-order chi connectivity index (χ0) is 20.4. The highest BCUT2D eigenvalue weighted by Gasteiger charge is 2.23. The minimum atomic E-state index is -0.0155. The van der Waals surface area contributed by atoms with Crippen LogP contribution in [0.4, 0.5) is 5.82 Å². The Balaban J connectivity index is 1.58. The van der Waals surface area contributed by atoms with Crippen molar-refractivity contribution in [3.05, 3.63) is 23.3 Å². The van der Waals surface area contributed by atoms with Gasteiger partial charge in [0.1, 0.15) is 13.7 Å². The summed E-state index contributed by atoms with van der Waals surface area (Å²) >= 11 is 0. The van der Waals surface area contributed by atoms with E-state index in [0.29, 0.717) is 6.61 Å². The minimum Gasteiger partial charge on any atom is -0.493 e. The summed E-state index contributed by atoms with van der Waals surface area (Å²) < 4.78 is 11.8. The Morgan fingerprint density at radius 2 is 1.86 bits per heavy atom. The molecule has 156 valence electrons. The van der Waals surface area contributed by atoms with Crippen LogP contribution in [0.15, 0.2) is 12.1 Å². The van der Waals surface area contributed by atoms with E-state index >= 15 is 0 Å². The van der Waals surface area contributed by atoms with Gasteiger partial charge in [0.05, 0.1) is 19.2 Å². The molecule has 1 aliphatic carbocycles. The van der Waals surface area contributed by atoms with Crippen LogP contribution in [0.25, 0.3) is 10.9 Å². The average Bonchev–Trinajstić information content (AvgIpc) is 3.35. The van der Waals surface area contributed by atoms with Gasteiger partial charge in [-0.05, 0) is 68.8 Å². The first kappa shape index (κ1) is 20.3. The Kier molecular flexibility index (Phi) is 5.91. The maximum atomic E-state index is 6.14. The van der Waals surface area contributed by atoms with Crippen molar-refractivity contribution in [2.45, 2.75) is 57.8 Å². The van der Waals surface area contributed by atoms with Gasteiger partial charge in [0.15, 0.2) is 11.5 Å². The predicted molar refractivity (Wildman–Crippen MR) is 122 cm³/mol. The number of hydrogen-bond acceptors (Lipinski definition) is 5. The van der Waals surface area contributed by atoms with E-state index in [4.69, 9.17) is 14.5 Å². The third kappa shape index (κ3) is 4.63. The van der Waals surface area contributed by atoms with Gasteiger partial charge in [-0.1, -0.05) is 13.8 Å². The van der Waals surface area contributed by atoms with Crippen molar-refractivity contribution in [1.29, 1.82) is 0 Å². The Labute approximate surface area is 175 Å². The summed E-state index contributed by atoms with van der Waals surface area (Å²) in [5.41, 5.74) is 3.76. The lowest BCUT2D eigenvalue weighted by Gasteiger charge is -2.24. The summed E-state index contributed by atoms with van der Waals surface area (Å²) in [5.74, 6) is 2.64. The first-order valence-electron chi connectivity index (χ1n) is 11.1. The number of rotatable bonds is 8. The molecule has 1 aromatic carbocycles. The minimum absolute atomic E-state index is 0.0155. The monoisotopic (exact) mass is 395 g/mol. The molecule has 2 heterocycles. The number of likely N-dealkylation sites (tertiary alicyclic amines) is 1. The van der Waals surface area contributed by atoms with E-state index in [1.165, 1.54) is 48.9 Å². The van der Waals surface area contributed by atoms with Crippen molar-refractivity contribution in [3.8, 4) is 11.5 Å². The number of hydrogen-bond donors (Lipinski definition) is 1. The molecule has 0 atom stereocenters. The fourth-order valence-electron chi connectivity index (χ4n) is 4.58. The number of nitrogens with zero attached hydrogens (tertiary/aromatic N) is 2. The highest BCUT2D eigenvalue weighted by atomic mass is 16.5. The molecule has 1 N–H and O–H groups in total. The summed E-state index contributed by atoms with van der Waals surface area (Å²) in [6.45, 7) is 8.65. The predicted octanol–water partition coefficient (Wildman–Crippen LogP) is 3.38. The molecule has 5 nitrogen and oxygen atoms in total. The number of nitrogens with one attached hydrogen (secondary N) is 1. The van der Waals surface area contributed by atoms with Gasteiger partial charge in [-0.2, -0.15) is 0 Å². The number of fused-ring (bicyclic) bond motifs is 3. The van der Waals surface area contributed by atoms with Gasteiger partial charge in [-0.15, -0.1) is 0 Å². The molecular weight excluding hydrogens is 361 g/mol. The zero-order valence-electron chi connectivity index (χ0n) is 18.4. The molecule has 1 saturated heterocycles. The quantitative estimate of drug-likeness (QED) is 0.549. The number of aromatic nitrogens is 1. The van der Waals surface area contributed by atoms with Crippen LogP contribution in [0, 0.1) is 0 Å². The van der Waals surface area contributed by atoms with Gasteiger partial charge >= 0.3 is 0 Å². The van der Waals surface area contributed by atoms with Gasteiger partial charge < -0.3 is 19.7 Å². The van der Waals surface area contributed by atoms with Crippen LogP contribution in [-0.4, -0.2) is 56.5 Å². The first-order chi connectivity index (χ1) is 13.9. The number of benzene rings is 1. The molecule has 6 heteroatoms. The number of pyridine rings is 1. The normalized spacial score (nSPS) is 16.9. The molecule has 0 unspecified atom stereocenters. The van der Waals surface area contributed by atoms with E-state index < -0.39 is 0 Å². The summed E-state index contributed by atoms with van der Waals surface area (Å²) in [6, 6.07) is 4.19. The van der Waals surface area contributed by atoms with E-state index in [9.17, 15) is 0 Å².